The summed E-state index contributed by atoms with van der Waals surface area (Å²) < 4.78 is 1.02. The lowest BCUT2D eigenvalue weighted by Crippen LogP contribution is -2.37. The molecule has 0 saturated carbocycles. The number of H-pyrrole nitrogens is 1. The Bertz CT molecular complexity index is 1490. The van der Waals surface area contributed by atoms with Gasteiger partial charge in [0, 0.05) is 16.5 Å². The maximum atomic E-state index is 13.4. The van der Waals surface area contributed by atoms with E-state index in [4.69, 9.17) is 0 Å². The number of carbonyl (C=O) groups excluding carboxylic acids is 1. The highest BCUT2D eigenvalue weighted by Gasteiger charge is 2.19. The molecule has 2 heterocycles. The molecule has 1 aliphatic rings. The van der Waals surface area contributed by atoms with Crippen LogP contribution in [0.1, 0.15) is 45.5 Å². The van der Waals surface area contributed by atoms with Crippen molar-refractivity contribution in [3.8, 4) is 11.1 Å². The summed E-state index contributed by atoms with van der Waals surface area (Å²) in [6, 6.07) is 11.8. The van der Waals surface area contributed by atoms with Crippen molar-refractivity contribution in [2.45, 2.75) is 46.1 Å². The van der Waals surface area contributed by atoms with Crippen LogP contribution in [0.15, 0.2) is 51.4 Å². The second kappa shape index (κ2) is 8.02. The molecule has 2 aromatic heterocycles. The average molecular weight is 445 g/mol. The molecule has 162 valence electrons. The number of nitrogens with zero attached hydrogens (tertiary/aromatic N) is 1. The molecule has 0 radical (unpaired) electrons. The van der Waals surface area contributed by atoms with Crippen LogP contribution in [0.3, 0.4) is 0 Å². The van der Waals surface area contributed by atoms with Gasteiger partial charge in [-0.15, -0.1) is 11.3 Å². The first-order valence-electron chi connectivity index (χ1n) is 10.9. The maximum absolute atomic E-state index is 13.4. The van der Waals surface area contributed by atoms with E-state index in [2.05, 4.69) is 23.2 Å². The Kier molecular flexibility index (Phi) is 5.18. The Morgan fingerprint density at radius 3 is 2.56 bits per heavy atom. The number of rotatable bonds is 4. The number of aromatic nitrogens is 2. The standard InChI is InChI=1S/C26H24N2O3S/c1-15-7-8-20(11-16(15)2)22(29)13-28-25(30)23-21(14-32-24(23)27-26(28)31)19-10-9-17-5-3-4-6-18(17)12-19/h7-12,14H,3-6,13H2,1-2H3,(H,27,31). The van der Waals surface area contributed by atoms with Gasteiger partial charge in [0.25, 0.3) is 5.56 Å². The van der Waals surface area contributed by atoms with E-state index in [-0.39, 0.29) is 12.3 Å². The van der Waals surface area contributed by atoms with Crippen LogP contribution >= 0.6 is 11.3 Å². The Labute approximate surface area is 189 Å². The van der Waals surface area contributed by atoms with E-state index in [1.165, 1.54) is 35.3 Å². The van der Waals surface area contributed by atoms with Gasteiger partial charge in [0.2, 0.25) is 0 Å². The molecule has 1 N–H and O–H groups in total. The monoisotopic (exact) mass is 444 g/mol. The molecule has 6 heteroatoms. The van der Waals surface area contributed by atoms with Crippen LogP contribution in [0.4, 0.5) is 0 Å². The summed E-state index contributed by atoms with van der Waals surface area (Å²) in [6.07, 6.45) is 4.55. The predicted octanol–water partition coefficient (Wildman–Crippen LogP) is 4.80. The zero-order chi connectivity index (χ0) is 22.4. The molecule has 4 aromatic rings. The Morgan fingerprint density at radius 2 is 1.78 bits per heavy atom. The summed E-state index contributed by atoms with van der Waals surface area (Å²) in [5.41, 5.74) is 6.12. The molecule has 0 unspecified atom stereocenters. The lowest BCUT2D eigenvalue weighted by atomic mass is 9.89. The molecule has 32 heavy (non-hydrogen) atoms. The number of Topliss-reactive ketones (excluding diaryl/α,β-unsaturated/α-hetero) is 1. The maximum Gasteiger partial charge on any atom is 0.329 e. The third-order valence-electron chi connectivity index (χ3n) is 6.51. The minimum atomic E-state index is -0.557. The van der Waals surface area contributed by atoms with Crippen LogP contribution in [0, 0.1) is 13.8 Å². The molecule has 1 aliphatic carbocycles. The van der Waals surface area contributed by atoms with E-state index >= 15 is 0 Å². The molecule has 5 nitrogen and oxygen atoms in total. The number of hydrogen-bond acceptors (Lipinski definition) is 4. The van der Waals surface area contributed by atoms with Gasteiger partial charge >= 0.3 is 5.69 Å². The molecule has 0 fully saturated rings. The molecule has 0 aliphatic heterocycles. The zero-order valence-corrected chi connectivity index (χ0v) is 19.0. The number of hydrogen-bond donors (Lipinski definition) is 1. The fraction of sp³-hybridized carbons (Fsp3) is 0.269. The van der Waals surface area contributed by atoms with Gasteiger partial charge in [-0.05, 0) is 73.4 Å². The van der Waals surface area contributed by atoms with Gasteiger partial charge < -0.3 is 0 Å². The van der Waals surface area contributed by atoms with E-state index in [9.17, 15) is 14.4 Å². The van der Waals surface area contributed by atoms with E-state index < -0.39 is 11.2 Å². The summed E-state index contributed by atoms with van der Waals surface area (Å²) in [7, 11) is 0. The molecule has 0 saturated heterocycles. The third-order valence-corrected chi connectivity index (χ3v) is 7.40. The highest BCUT2D eigenvalue weighted by atomic mass is 32.1. The SMILES string of the molecule is Cc1ccc(C(=O)Cn2c(=O)[nH]c3scc(-c4ccc5c(c4)CCCC5)c3c2=O)cc1C. The van der Waals surface area contributed by atoms with Crippen molar-refractivity contribution in [2.24, 2.45) is 0 Å². The van der Waals surface area contributed by atoms with Crippen molar-refractivity contribution in [1.82, 2.24) is 9.55 Å². The number of nitrogens with one attached hydrogen (secondary N) is 1. The minimum absolute atomic E-state index is 0.259. The minimum Gasteiger partial charge on any atom is -0.298 e. The summed E-state index contributed by atoms with van der Waals surface area (Å²) in [6.45, 7) is 3.63. The highest BCUT2D eigenvalue weighted by Crippen LogP contribution is 2.33. The summed E-state index contributed by atoms with van der Waals surface area (Å²) in [4.78, 5) is 42.2. The number of fused-ring (bicyclic) bond motifs is 2. The molecule has 2 aromatic carbocycles. The second-order valence-corrected chi connectivity index (χ2v) is 9.47. The van der Waals surface area contributed by atoms with E-state index in [1.54, 1.807) is 12.1 Å². The predicted molar refractivity (Wildman–Crippen MR) is 129 cm³/mol. The number of aromatic amines is 1. The fourth-order valence-electron chi connectivity index (χ4n) is 4.46. The van der Waals surface area contributed by atoms with Gasteiger partial charge in [-0.3, -0.25) is 19.1 Å². The molecular weight excluding hydrogens is 420 g/mol. The van der Waals surface area contributed by atoms with Gasteiger partial charge in [0.15, 0.2) is 5.78 Å². The summed E-state index contributed by atoms with van der Waals surface area (Å²) >= 11 is 1.35. The average Bonchev–Trinajstić information content (AvgIpc) is 3.21. The second-order valence-electron chi connectivity index (χ2n) is 8.59. The molecule has 0 amide bonds. The Morgan fingerprint density at radius 1 is 1.00 bits per heavy atom. The molecule has 0 bridgehead atoms. The first kappa shape index (κ1) is 20.6. The molecule has 0 atom stereocenters. The van der Waals surface area contributed by atoms with E-state index in [1.807, 2.05) is 25.3 Å². The Hall–Kier alpha value is -3.25. The van der Waals surface area contributed by atoms with Crippen molar-refractivity contribution in [3.05, 3.63) is 90.4 Å². The molecular formula is C26H24N2O3S. The number of thiophene rings is 1. The van der Waals surface area contributed by atoms with Crippen molar-refractivity contribution >= 4 is 27.3 Å². The third kappa shape index (κ3) is 3.54. The van der Waals surface area contributed by atoms with Gasteiger partial charge in [-0.1, -0.05) is 30.3 Å². The quantitative estimate of drug-likeness (QED) is 0.460. The first-order chi connectivity index (χ1) is 15.4. The van der Waals surface area contributed by atoms with Gasteiger partial charge in [-0.25, -0.2) is 4.79 Å². The topological polar surface area (TPSA) is 71.9 Å². The van der Waals surface area contributed by atoms with E-state index in [0.717, 1.165) is 39.7 Å². The van der Waals surface area contributed by atoms with Crippen LogP contribution in [-0.2, 0) is 19.4 Å². The van der Waals surface area contributed by atoms with Gasteiger partial charge in [0.1, 0.15) is 4.83 Å². The molecule has 0 spiro atoms. The lowest BCUT2D eigenvalue weighted by Gasteiger charge is -2.16. The number of ketones is 1. The summed E-state index contributed by atoms with van der Waals surface area (Å²) in [5.74, 6) is -0.259. The van der Waals surface area contributed by atoms with Crippen LogP contribution in [0.5, 0.6) is 0 Å². The van der Waals surface area contributed by atoms with Crippen molar-refractivity contribution in [1.29, 1.82) is 0 Å². The molecule has 5 rings (SSSR count). The number of carbonyl (C=O) groups is 1. The smallest absolute Gasteiger partial charge is 0.298 e. The van der Waals surface area contributed by atoms with Crippen molar-refractivity contribution < 1.29 is 4.79 Å². The van der Waals surface area contributed by atoms with Crippen LogP contribution in [-0.4, -0.2) is 15.3 Å². The van der Waals surface area contributed by atoms with Gasteiger partial charge in [-0.2, -0.15) is 0 Å². The highest BCUT2D eigenvalue weighted by molar-refractivity contribution is 7.17. The number of benzene rings is 2. The van der Waals surface area contributed by atoms with Gasteiger partial charge in [0.05, 0.1) is 11.9 Å². The number of aryl methyl sites for hydroxylation is 4. The van der Waals surface area contributed by atoms with Crippen molar-refractivity contribution in [2.75, 3.05) is 0 Å². The largest absolute Gasteiger partial charge is 0.329 e. The lowest BCUT2D eigenvalue weighted by molar-refractivity contribution is 0.0969. The van der Waals surface area contributed by atoms with Crippen LogP contribution in [0.2, 0.25) is 0 Å². The van der Waals surface area contributed by atoms with Crippen molar-refractivity contribution in [3.63, 3.8) is 0 Å². The zero-order valence-electron chi connectivity index (χ0n) is 18.2. The van der Waals surface area contributed by atoms with Crippen LogP contribution < -0.4 is 11.2 Å². The van der Waals surface area contributed by atoms with E-state index in [0.29, 0.717) is 15.8 Å². The first-order valence-corrected chi connectivity index (χ1v) is 11.8. The summed E-state index contributed by atoms with van der Waals surface area (Å²) in [5, 5.41) is 2.39. The fourth-order valence-corrected chi connectivity index (χ4v) is 5.41. The normalized spacial score (nSPS) is 13.3. The van der Waals surface area contributed by atoms with Crippen LogP contribution in [0.25, 0.3) is 21.3 Å². The Balaban J connectivity index is 1.58.